The van der Waals surface area contributed by atoms with Crippen LogP contribution in [0.1, 0.15) is 39.4 Å². The van der Waals surface area contributed by atoms with Gasteiger partial charge in [-0.25, -0.2) is 4.98 Å². The number of aromatic nitrogens is 1. The van der Waals surface area contributed by atoms with E-state index in [1.54, 1.807) is 67.7 Å². The summed E-state index contributed by atoms with van der Waals surface area (Å²) in [4.78, 5) is 45.0. The minimum atomic E-state index is -0.472. The fraction of sp³-hybridized carbons (Fsp3) is 0.143. The Balaban J connectivity index is 1.64. The van der Waals surface area contributed by atoms with Crippen LogP contribution in [0.4, 0.5) is 5.82 Å². The van der Waals surface area contributed by atoms with Gasteiger partial charge in [0.05, 0.1) is 23.4 Å². The van der Waals surface area contributed by atoms with Crippen molar-refractivity contribution in [1.29, 1.82) is 0 Å². The summed E-state index contributed by atoms with van der Waals surface area (Å²) in [5, 5.41) is 0. The summed E-state index contributed by atoms with van der Waals surface area (Å²) in [5.74, 6) is -0.396. The summed E-state index contributed by atoms with van der Waals surface area (Å²) in [6, 6.07) is 14.8. The minimum absolute atomic E-state index is 0.309. The lowest BCUT2D eigenvalue weighted by Gasteiger charge is -2.28. The molecule has 28 heavy (non-hydrogen) atoms. The first-order valence-corrected chi connectivity index (χ1v) is 8.79. The number of amides is 3. The number of hydrogen-bond donors (Lipinski definition) is 0. The quantitative estimate of drug-likeness (QED) is 0.640. The lowest BCUT2D eigenvalue weighted by atomic mass is 10.1. The summed E-state index contributed by atoms with van der Waals surface area (Å²) < 4.78 is 5.44. The van der Waals surface area contributed by atoms with E-state index < -0.39 is 23.8 Å². The second kappa shape index (κ2) is 7.11. The van der Waals surface area contributed by atoms with Gasteiger partial charge >= 0.3 is 0 Å². The van der Waals surface area contributed by atoms with Crippen LogP contribution in [0, 0.1) is 0 Å². The molecule has 0 spiro atoms. The van der Waals surface area contributed by atoms with Gasteiger partial charge in [-0.3, -0.25) is 24.2 Å². The van der Waals surface area contributed by atoms with E-state index in [-0.39, 0.29) is 6.54 Å². The highest BCUT2D eigenvalue weighted by Crippen LogP contribution is 2.27. The number of imide groups is 1. The van der Waals surface area contributed by atoms with Crippen molar-refractivity contribution < 1.29 is 18.8 Å². The fourth-order valence-electron chi connectivity index (χ4n) is 3.29. The van der Waals surface area contributed by atoms with E-state index in [1.807, 2.05) is 0 Å². The SMILES string of the molecule is CC(c1ccco1)N(C(=O)CN1C(=O)c2ccccc2C1=O)c1ccccn1. The monoisotopic (exact) mass is 375 g/mol. The molecule has 1 aliphatic heterocycles. The molecule has 1 aromatic carbocycles. The van der Waals surface area contributed by atoms with Crippen LogP contribution in [0.5, 0.6) is 0 Å². The first kappa shape index (κ1) is 17.7. The smallest absolute Gasteiger partial charge is 0.262 e. The molecule has 7 nitrogen and oxygen atoms in total. The molecule has 2 aromatic heterocycles. The molecule has 1 atom stereocenters. The van der Waals surface area contributed by atoms with Crippen LogP contribution in [0.25, 0.3) is 0 Å². The molecular weight excluding hydrogens is 358 g/mol. The highest BCUT2D eigenvalue weighted by Gasteiger charge is 2.38. The van der Waals surface area contributed by atoms with Crippen molar-refractivity contribution >= 4 is 23.5 Å². The maximum absolute atomic E-state index is 13.2. The number of benzene rings is 1. The van der Waals surface area contributed by atoms with Gasteiger partial charge in [-0.2, -0.15) is 0 Å². The predicted molar refractivity (Wildman–Crippen MR) is 101 cm³/mol. The Morgan fingerprint density at radius 3 is 2.29 bits per heavy atom. The Bertz CT molecular complexity index is 996. The summed E-state index contributed by atoms with van der Waals surface area (Å²) in [6.07, 6.45) is 3.10. The van der Waals surface area contributed by atoms with Gasteiger partial charge in [0, 0.05) is 6.20 Å². The topological polar surface area (TPSA) is 83.7 Å². The molecule has 3 aromatic rings. The summed E-state index contributed by atoms with van der Waals surface area (Å²) in [5.41, 5.74) is 0.618. The molecule has 1 aliphatic rings. The lowest BCUT2D eigenvalue weighted by Crippen LogP contribution is -2.44. The van der Waals surface area contributed by atoms with Gasteiger partial charge in [-0.05, 0) is 43.3 Å². The summed E-state index contributed by atoms with van der Waals surface area (Å²) >= 11 is 0. The number of carbonyl (C=O) groups is 3. The number of pyridine rings is 1. The second-order valence-corrected chi connectivity index (χ2v) is 6.39. The Labute approximate surface area is 161 Å². The predicted octanol–water partition coefficient (Wildman–Crippen LogP) is 3.07. The Kier molecular flexibility index (Phi) is 4.49. The van der Waals surface area contributed by atoms with E-state index in [9.17, 15) is 14.4 Å². The molecule has 0 fully saturated rings. The van der Waals surface area contributed by atoms with E-state index in [1.165, 1.54) is 11.2 Å². The van der Waals surface area contributed by atoms with Gasteiger partial charge < -0.3 is 4.42 Å². The molecule has 0 N–H and O–H groups in total. The number of nitrogens with zero attached hydrogens (tertiary/aromatic N) is 3. The Hall–Kier alpha value is -3.74. The van der Waals surface area contributed by atoms with E-state index in [2.05, 4.69) is 4.98 Å². The van der Waals surface area contributed by atoms with E-state index in [0.29, 0.717) is 22.7 Å². The van der Waals surface area contributed by atoms with Crippen molar-refractivity contribution in [2.75, 3.05) is 11.4 Å². The zero-order valence-electron chi connectivity index (χ0n) is 15.1. The maximum Gasteiger partial charge on any atom is 0.262 e. The van der Waals surface area contributed by atoms with Crippen molar-refractivity contribution in [3.63, 3.8) is 0 Å². The van der Waals surface area contributed by atoms with Crippen molar-refractivity contribution in [1.82, 2.24) is 9.88 Å². The lowest BCUT2D eigenvalue weighted by molar-refractivity contribution is -0.119. The average Bonchev–Trinajstić information content (AvgIpc) is 3.33. The largest absolute Gasteiger partial charge is 0.467 e. The van der Waals surface area contributed by atoms with E-state index >= 15 is 0 Å². The summed E-state index contributed by atoms with van der Waals surface area (Å²) in [7, 11) is 0. The standard InChI is InChI=1S/C21H17N3O4/c1-14(17-9-6-12-28-17)24(18-10-4-5-11-22-18)19(25)13-23-20(26)15-7-2-3-8-16(15)21(23)27/h2-12,14H,13H2,1H3. The third-order valence-electron chi connectivity index (χ3n) is 4.68. The summed E-state index contributed by atoms with van der Waals surface area (Å²) in [6.45, 7) is 1.42. The maximum atomic E-state index is 13.2. The van der Waals surface area contributed by atoms with Gasteiger partial charge in [0.1, 0.15) is 18.1 Å². The minimum Gasteiger partial charge on any atom is -0.467 e. The van der Waals surface area contributed by atoms with Crippen LogP contribution in [-0.2, 0) is 4.79 Å². The molecule has 0 bridgehead atoms. The Morgan fingerprint density at radius 2 is 1.71 bits per heavy atom. The molecular formula is C21H17N3O4. The third-order valence-corrected chi connectivity index (χ3v) is 4.68. The molecule has 140 valence electrons. The van der Waals surface area contributed by atoms with Crippen LogP contribution >= 0.6 is 0 Å². The first-order chi connectivity index (χ1) is 13.6. The second-order valence-electron chi connectivity index (χ2n) is 6.39. The number of anilines is 1. The van der Waals surface area contributed by atoms with Crippen LogP contribution in [-0.4, -0.2) is 34.2 Å². The van der Waals surface area contributed by atoms with Crippen molar-refractivity contribution in [3.05, 3.63) is 83.9 Å². The molecule has 0 saturated carbocycles. The number of carbonyl (C=O) groups excluding carboxylic acids is 3. The average molecular weight is 375 g/mol. The number of furan rings is 1. The van der Waals surface area contributed by atoms with Crippen LogP contribution in [0.2, 0.25) is 0 Å². The zero-order chi connectivity index (χ0) is 19.7. The zero-order valence-corrected chi connectivity index (χ0v) is 15.1. The molecule has 0 radical (unpaired) electrons. The molecule has 0 saturated heterocycles. The number of hydrogen-bond acceptors (Lipinski definition) is 5. The van der Waals surface area contributed by atoms with Gasteiger partial charge in [0.25, 0.3) is 11.8 Å². The van der Waals surface area contributed by atoms with Gasteiger partial charge in [0.15, 0.2) is 0 Å². The van der Waals surface area contributed by atoms with Gasteiger partial charge in [0.2, 0.25) is 5.91 Å². The highest BCUT2D eigenvalue weighted by molar-refractivity contribution is 6.22. The molecule has 3 amide bonds. The molecule has 7 heteroatoms. The van der Waals surface area contributed by atoms with Crippen LogP contribution in [0.3, 0.4) is 0 Å². The van der Waals surface area contributed by atoms with E-state index in [4.69, 9.17) is 4.42 Å². The van der Waals surface area contributed by atoms with Crippen LogP contribution in [0.15, 0.2) is 71.5 Å². The number of rotatable bonds is 5. The van der Waals surface area contributed by atoms with Crippen molar-refractivity contribution in [2.24, 2.45) is 0 Å². The highest BCUT2D eigenvalue weighted by atomic mass is 16.3. The first-order valence-electron chi connectivity index (χ1n) is 8.79. The fourth-order valence-corrected chi connectivity index (χ4v) is 3.29. The third kappa shape index (κ3) is 2.96. The van der Waals surface area contributed by atoms with Crippen molar-refractivity contribution in [3.8, 4) is 0 Å². The number of fused-ring (bicyclic) bond motifs is 1. The molecule has 3 heterocycles. The van der Waals surface area contributed by atoms with Gasteiger partial charge in [-0.15, -0.1) is 0 Å². The Morgan fingerprint density at radius 1 is 1.04 bits per heavy atom. The van der Waals surface area contributed by atoms with Gasteiger partial charge in [-0.1, -0.05) is 18.2 Å². The molecule has 0 aliphatic carbocycles. The van der Waals surface area contributed by atoms with E-state index in [0.717, 1.165) is 4.90 Å². The normalized spacial score (nSPS) is 14.1. The molecule has 4 rings (SSSR count). The van der Waals surface area contributed by atoms with Crippen molar-refractivity contribution in [2.45, 2.75) is 13.0 Å². The van der Waals surface area contributed by atoms with Crippen LogP contribution < -0.4 is 4.90 Å². The molecule has 1 unspecified atom stereocenters.